The quantitative estimate of drug-likeness (QED) is 0.266. The number of carbonyl (C=O) groups excluding carboxylic acids is 1. The number of esters is 1. The number of methoxy groups -OCH3 is 1. The zero-order chi connectivity index (χ0) is 15.9. The van der Waals surface area contributed by atoms with Gasteiger partial charge in [-0.1, -0.05) is 33.1 Å². The lowest BCUT2D eigenvalue weighted by atomic mass is 10.0. The average molecular weight is 299 g/mol. The molecule has 0 aliphatic heterocycles. The van der Waals surface area contributed by atoms with Crippen LogP contribution in [0, 0.1) is 5.92 Å². The molecule has 0 fully saturated rings. The minimum Gasteiger partial charge on any atom is -0.469 e. The predicted molar refractivity (Wildman–Crippen MR) is 88.5 cm³/mol. The van der Waals surface area contributed by atoms with Gasteiger partial charge in [0.15, 0.2) is 5.96 Å². The van der Waals surface area contributed by atoms with Gasteiger partial charge in [0.05, 0.1) is 7.11 Å². The summed E-state index contributed by atoms with van der Waals surface area (Å²) < 4.78 is 4.62. The molecule has 0 aromatic heterocycles. The second-order valence-corrected chi connectivity index (χ2v) is 5.22. The highest BCUT2D eigenvalue weighted by atomic mass is 16.5. The molecule has 0 radical (unpaired) electrons. The predicted octanol–water partition coefficient (Wildman–Crippen LogP) is 2.71. The number of nitrogens with one attached hydrogen (secondary N) is 2. The molecule has 0 bridgehead atoms. The Morgan fingerprint density at radius 1 is 1.10 bits per heavy atom. The molecule has 0 aliphatic carbocycles. The second kappa shape index (κ2) is 13.7. The summed E-state index contributed by atoms with van der Waals surface area (Å²) in [4.78, 5) is 15.6. The summed E-state index contributed by atoms with van der Waals surface area (Å²) in [5.74, 6) is 1.45. The Hall–Kier alpha value is -1.26. The largest absolute Gasteiger partial charge is 0.469 e. The van der Waals surface area contributed by atoms with Gasteiger partial charge in [0, 0.05) is 26.1 Å². The number of ether oxygens (including phenoxy) is 1. The fourth-order valence-electron chi connectivity index (χ4n) is 1.99. The van der Waals surface area contributed by atoms with Gasteiger partial charge in [-0.2, -0.15) is 0 Å². The van der Waals surface area contributed by atoms with E-state index in [9.17, 15) is 4.79 Å². The SMILES string of the molecule is CCNC(=NCC(CC)CC)NCCCCCC(=O)OC. The maximum absolute atomic E-state index is 11.0. The maximum Gasteiger partial charge on any atom is 0.305 e. The molecule has 124 valence electrons. The van der Waals surface area contributed by atoms with Crippen molar-refractivity contribution in [2.45, 2.75) is 59.3 Å². The van der Waals surface area contributed by atoms with Gasteiger partial charge in [-0.15, -0.1) is 0 Å². The van der Waals surface area contributed by atoms with Crippen LogP contribution < -0.4 is 10.6 Å². The van der Waals surface area contributed by atoms with E-state index < -0.39 is 0 Å². The van der Waals surface area contributed by atoms with E-state index in [1.165, 1.54) is 20.0 Å². The minimum absolute atomic E-state index is 0.122. The summed E-state index contributed by atoms with van der Waals surface area (Å²) >= 11 is 0. The molecular weight excluding hydrogens is 266 g/mol. The van der Waals surface area contributed by atoms with Gasteiger partial charge >= 0.3 is 5.97 Å². The summed E-state index contributed by atoms with van der Waals surface area (Å²) in [6, 6.07) is 0. The van der Waals surface area contributed by atoms with Crippen LogP contribution in [0.25, 0.3) is 0 Å². The zero-order valence-electron chi connectivity index (χ0n) is 14.2. The van der Waals surface area contributed by atoms with Crippen LogP contribution in [0.2, 0.25) is 0 Å². The second-order valence-electron chi connectivity index (χ2n) is 5.22. The molecule has 0 saturated carbocycles. The smallest absolute Gasteiger partial charge is 0.305 e. The van der Waals surface area contributed by atoms with Crippen molar-refractivity contribution in [1.29, 1.82) is 0 Å². The zero-order valence-corrected chi connectivity index (χ0v) is 14.2. The van der Waals surface area contributed by atoms with Gasteiger partial charge in [0.2, 0.25) is 0 Å². The fourth-order valence-corrected chi connectivity index (χ4v) is 1.99. The summed E-state index contributed by atoms with van der Waals surface area (Å²) in [5, 5.41) is 6.62. The Labute approximate surface area is 129 Å². The van der Waals surface area contributed by atoms with E-state index in [1.54, 1.807) is 0 Å². The Morgan fingerprint density at radius 2 is 1.81 bits per heavy atom. The van der Waals surface area contributed by atoms with Crippen molar-refractivity contribution in [2.24, 2.45) is 10.9 Å². The molecular formula is C16H33N3O2. The number of hydrogen-bond acceptors (Lipinski definition) is 3. The van der Waals surface area contributed by atoms with Crippen LogP contribution in [0.3, 0.4) is 0 Å². The molecule has 0 rings (SSSR count). The Balaban J connectivity index is 3.88. The van der Waals surface area contributed by atoms with E-state index in [0.717, 1.165) is 44.9 Å². The lowest BCUT2D eigenvalue weighted by Gasteiger charge is -2.13. The van der Waals surface area contributed by atoms with Crippen molar-refractivity contribution in [3.05, 3.63) is 0 Å². The molecule has 5 nitrogen and oxygen atoms in total. The first-order chi connectivity index (χ1) is 10.2. The molecule has 0 aromatic rings. The summed E-state index contributed by atoms with van der Waals surface area (Å²) in [6.45, 7) is 9.14. The van der Waals surface area contributed by atoms with Gasteiger partial charge < -0.3 is 15.4 Å². The third kappa shape index (κ3) is 11.1. The van der Waals surface area contributed by atoms with E-state index >= 15 is 0 Å². The molecule has 0 saturated heterocycles. The lowest BCUT2D eigenvalue weighted by molar-refractivity contribution is -0.140. The van der Waals surface area contributed by atoms with Gasteiger partial charge in [-0.25, -0.2) is 0 Å². The van der Waals surface area contributed by atoms with Crippen LogP contribution in [0.5, 0.6) is 0 Å². The minimum atomic E-state index is -0.122. The fraction of sp³-hybridized carbons (Fsp3) is 0.875. The first-order valence-electron chi connectivity index (χ1n) is 8.26. The van der Waals surface area contributed by atoms with Gasteiger partial charge in [0.1, 0.15) is 0 Å². The number of unbranched alkanes of at least 4 members (excludes halogenated alkanes) is 2. The van der Waals surface area contributed by atoms with Crippen molar-refractivity contribution in [1.82, 2.24) is 10.6 Å². The van der Waals surface area contributed by atoms with E-state index in [2.05, 4.69) is 41.1 Å². The molecule has 0 heterocycles. The molecule has 0 amide bonds. The number of nitrogens with zero attached hydrogens (tertiary/aromatic N) is 1. The monoisotopic (exact) mass is 299 g/mol. The maximum atomic E-state index is 11.0. The Morgan fingerprint density at radius 3 is 2.38 bits per heavy atom. The van der Waals surface area contributed by atoms with Crippen LogP contribution in [-0.4, -0.2) is 38.7 Å². The molecule has 0 atom stereocenters. The van der Waals surface area contributed by atoms with Crippen molar-refractivity contribution in [2.75, 3.05) is 26.7 Å². The van der Waals surface area contributed by atoms with Crippen LogP contribution in [0.15, 0.2) is 4.99 Å². The molecule has 0 unspecified atom stereocenters. The number of aliphatic imine (C=N–C) groups is 1. The van der Waals surface area contributed by atoms with Gasteiger partial charge in [-0.05, 0) is 25.7 Å². The van der Waals surface area contributed by atoms with E-state index in [4.69, 9.17) is 0 Å². The first kappa shape index (κ1) is 19.7. The van der Waals surface area contributed by atoms with Crippen LogP contribution >= 0.6 is 0 Å². The molecule has 0 aromatic carbocycles. The Bertz CT molecular complexity index is 289. The lowest BCUT2D eigenvalue weighted by Crippen LogP contribution is -2.38. The van der Waals surface area contributed by atoms with E-state index in [0.29, 0.717) is 12.3 Å². The van der Waals surface area contributed by atoms with Crippen molar-refractivity contribution < 1.29 is 9.53 Å². The van der Waals surface area contributed by atoms with Crippen LogP contribution in [-0.2, 0) is 9.53 Å². The number of guanidine groups is 1. The standard InChI is InChI=1S/C16H33N3O2/c1-5-14(6-2)13-19-16(17-7-3)18-12-10-8-9-11-15(20)21-4/h14H,5-13H2,1-4H3,(H2,17,18,19). The summed E-state index contributed by atoms with van der Waals surface area (Å²) in [7, 11) is 1.43. The third-order valence-electron chi connectivity index (χ3n) is 3.58. The molecule has 21 heavy (non-hydrogen) atoms. The normalized spacial score (nSPS) is 11.6. The van der Waals surface area contributed by atoms with Gasteiger partial charge in [0.25, 0.3) is 0 Å². The number of rotatable bonds is 11. The van der Waals surface area contributed by atoms with Crippen LogP contribution in [0.1, 0.15) is 59.3 Å². The van der Waals surface area contributed by atoms with Crippen molar-refractivity contribution in [3.8, 4) is 0 Å². The Kier molecular flexibility index (Phi) is 12.9. The van der Waals surface area contributed by atoms with Crippen LogP contribution in [0.4, 0.5) is 0 Å². The van der Waals surface area contributed by atoms with Gasteiger partial charge in [-0.3, -0.25) is 9.79 Å². The highest BCUT2D eigenvalue weighted by Crippen LogP contribution is 2.07. The van der Waals surface area contributed by atoms with E-state index in [-0.39, 0.29) is 5.97 Å². The summed E-state index contributed by atoms with van der Waals surface area (Å²) in [5.41, 5.74) is 0. The highest BCUT2D eigenvalue weighted by Gasteiger charge is 2.03. The van der Waals surface area contributed by atoms with E-state index in [1.807, 2.05) is 0 Å². The average Bonchev–Trinajstić information content (AvgIpc) is 2.51. The molecule has 2 N–H and O–H groups in total. The summed E-state index contributed by atoms with van der Waals surface area (Å²) in [6.07, 6.45) is 5.80. The topological polar surface area (TPSA) is 62.7 Å². The number of carbonyl (C=O) groups is 1. The first-order valence-corrected chi connectivity index (χ1v) is 8.26. The highest BCUT2D eigenvalue weighted by molar-refractivity contribution is 5.79. The van der Waals surface area contributed by atoms with Crippen molar-refractivity contribution >= 4 is 11.9 Å². The number of hydrogen-bond donors (Lipinski definition) is 2. The van der Waals surface area contributed by atoms with Crippen molar-refractivity contribution in [3.63, 3.8) is 0 Å². The molecule has 0 spiro atoms. The molecule has 0 aliphatic rings. The third-order valence-corrected chi connectivity index (χ3v) is 3.58. The molecule has 5 heteroatoms.